The van der Waals surface area contributed by atoms with Gasteiger partial charge in [0, 0.05) is 0 Å². The second-order valence-corrected chi connectivity index (χ2v) is 6.62. The van der Waals surface area contributed by atoms with Crippen LogP contribution in [0, 0.1) is 6.92 Å². The van der Waals surface area contributed by atoms with E-state index in [4.69, 9.17) is 4.74 Å². The van der Waals surface area contributed by atoms with Gasteiger partial charge in [-0.25, -0.2) is 0 Å². The highest BCUT2D eigenvalue weighted by atomic mass is 16.5. The fraction of sp³-hybridized carbons (Fsp3) is 0.231. The van der Waals surface area contributed by atoms with Gasteiger partial charge in [0.2, 0.25) is 0 Å². The van der Waals surface area contributed by atoms with Crippen LogP contribution in [0.15, 0.2) is 84.9 Å². The Labute approximate surface area is 164 Å². The summed E-state index contributed by atoms with van der Waals surface area (Å²) >= 11 is 0. The van der Waals surface area contributed by atoms with Crippen molar-refractivity contribution in [3.8, 4) is 5.75 Å². The second kappa shape index (κ2) is 11.0. The van der Waals surface area contributed by atoms with Crippen LogP contribution in [0.25, 0.3) is 5.57 Å². The van der Waals surface area contributed by atoms with Crippen molar-refractivity contribution in [2.45, 2.75) is 40.7 Å². The molecule has 0 unspecified atom stereocenters. The molecule has 0 aromatic heterocycles. The molecule has 140 valence electrons. The first kappa shape index (κ1) is 20.5. The monoisotopic (exact) mass is 358 g/mol. The minimum atomic E-state index is 0.610. The van der Waals surface area contributed by atoms with Crippen LogP contribution in [-0.4, -0.2) is 0 Å². The smallest absolute Gasteiger partial charge is 0.120 e. The normalized spacial score (nSPS) is 10.7. The van der Waals surface area contributed by atoms with Gasteiger partial charge in [-0.3, -0.25) is 0 Å². The van der Waals surface area contributed by atoms with E-state index in [1.807, 2.05) is 24.3 Å². The summed E-state index contributed by atoms with van der Waals surface area (Å²) in [5.41, 5.74) is 6.32. The summed E-state index contributed by atoms with van der Waals surface area (Å²) in [4.78, 5) is 0. The highest BCUT2D eigenvalue weighted by Gasteiger charge is 2.02. The average molecular weight is 359 g/mol. The molecule has 3 aromatic carbocycles. The van der Waals surface area contributed by atoms with E-state index in [1.54, 1.807) is 0 Å². The van der Waals surface area contributed by atoms with Gasteiger partial charge in [0.1, 0.15) is 12.4 Å². The van der Waals surface area contributed by atoms with E-state index in [9.17, 15) is 0 Å². The van der Waals surface area contributed by atoms with E-state index in [0.29, 0.717) is 6.61 Å². The van der Waals surface area contributed by atoms with E-state index in [2.05, 4.69) is 88.4 Å². The van der Waals surface area contributed by atoms with Crippen LogP contribution in [0.3, 0.4) is 0 Å². The maximum absolute atomic E-state index is 5.88. The van der Waals surface area contributed by atoms with Gasteiger partial charge in [-0.05, 0) is 67.2 Å². The molecule has 0 atom stereocenters. The molecule has 0 spiro atoms. The third-order valence-electron chi connectivity index (χ3n) is 4.44. The molecule has 0 saturated heterocycles. The summed E-state index contributed by atoms with van der Waals surface area (Å²) in [6.07, 6.45) is 3.26. The van der Waals surface area contributed by atoms with Crippen molar-refractivity contribution >= 4 is 5.57 Å². The first-order valence-electron chi connectivity index (χ1n) is 9.58. The highest BCUT2D eigenvalue weighted by molar-refractivity contribution is 5.65. The van der Waals surface area contributed by atoms with Crippen LogP contribution in [-0.2, 0) is 13.0 Å². The number of benzene rings is 3. The molecular formula is C26H30O. The Hall–Kier alpha value is -2.80. The van der Waals surface area contributed by atoms with Crippen LogP contribution in [0.2, 0.25) is 0 Å². The summed E-state index contributed by atoms with van der Waals surface area (Å²) in [6.45, 7) is 9.05. The van der Waals surface area contributed by atoms with Crippen LogP contribution in [0.1, 0.15) is 43.0 Å². The Bertz CT molecular complexity index is 833. The van der Waals surface area contributed by atoms with Crippen LogP contribution >= 0.6 is 0 Å². The predicted octanol–water partition coefficient (Wildman–Crippen LogP) is 7.25. The molecule has 0 heterocycles. The largest absolute Gasteiger partial charge is 0.489 e. The third-order valence-corrected chi connectivity index (χ3v) is 4.44. The summed E-state index contributed by atoms with van der Waals surface area (Å²) in [5.74, 6) is 0.931. The first-order valence-corrected chi connectivity index (χ1v) is 9.58. The van der Waals surface area contributed by atoms with E-state index in [1.165, 1.54) is 27.8 Å². The maximum Gasteiger partial charge on any atom is 0.120 e. The van der Waals surface area contributed by atoms with Crippen molar-refractivity contribution in [3.63, 3.8) is 0 Å². The molecule has 27 heavy (non-hydrogen) atoms. The Morgan fingerprint density at radius 1 is 0.852 bits per heavy atom. The van der Waals surface area contributed by atoms with E-state index in [0.717, 1.165) is 12.2 Å². The molecule has 0 aliphatic carbocycles. The Kier molecular flexibility index (Phi) is 8.38. The van der Waals surface area contributed by atoms with Gasteiger partial charge < -0.3 is 4.74 Å². The molecule has 0 saturated carbocycles. The van der Waals surface area contributed by atoms with E-state index in [-0.39, 0.29) is 0 Å². The molecule has 0 aliphatic rings. The van der Waals surface area contributed by atoms with E-state index >= 15 is 0 Å². The molecule has 0 fully saturated rings. The standard InChI is InChI=1S/C18H20O.C8H10/c1-4-15(3)17-10-14(2)11-18(12-17)19-13-16-8-6-5-7-9-16;1-2-8-6-4-3-5-7-8/h4-12H,13H2,1-3H3;3-7H,2H2,1H3/b15-4-;. The Morgan fingerprint density at radius 2 is 1.44 bits per heavy atom. The maximum atomic E-state index is 5.88. The topological polar surface area (TPSA) is 9.23 Å². The lowest BCUT2D eigenvalue weighted by Gasteiger charge is -2.10. The summed E-state index contributed by atoms with van der Waals surface area (Å²) < 4.78 is 5.88. The minimum absolute atomic E-state index is 0.610. The average Bonchev–Trinajstić information content (AvgIpc) is 2.73. The highest BCUT2D eigenvalue weighted by Crippen LogP contribution is 2.23. The minimum Gasteiger partial charge on any atom is -0.489 e. The predicted molar refractivity (Wildman–Crippen MR) is 117 cm³/mol. The van der Waals surface area contributed by atoms with Gasteiger partial charge in [-0.2, -0.15) is 0 Å². The fourth-order valence-electron chi connectivity index (χ4n) is 2.68. The first-order chi connectivity index (χ1) is 13.1. The van der Waals surface area contributed by atoms with Gasteiger partial charge in [0.25, 0.3) is 0 Å². The lowest BCUT2D eigenvalue weighted by Crippen LogP contribution is -1.96. The van der Waals surface area contributed by atoms with Crippen LogP contribution in [0.5, 0.6) is 5.75 Å². The van der Waals surface area contributed by atoms with Crippen molar-refractivity contribution < 1.29 is 4.74 Å². The lowest BCUT2D eigenvalue weighted by atomic mass is 10.0. The molecule has 0 bridgehead atoms. The number of rotatable bonds is 5. The molecule has 0 radical (unpaired) electrons. The number of hydrogen-bond donors (Lipinski definition) is 0. The number of ether oxygens (including phenoxy) is 1. The molecule has 1 nitrogen and oxygen atoms in total. The molecule has 0 N–H and O–H groups in total. The Balaban J connectivity index is 0.000000273. The molecule has 3 aromatic rings. The van der Waals surface area contributed by atoms with Crippen molar-refractivity contribution in [1.29, 1.82) is 0 Å². The molecular weight excluding hydrogens is 328 g/mol. The van der Waals surface area contributed by atoms with Gasteiger partial charge >= 0.3 is 0 Å². The summed E-state index contributed by atoms with van der Waals surface area (Å²) in [5, 5.41) is 0. The number of hydrogen-bond acceptors (Lipinski definition) is 1. The molecule has 1 heteroatoms. The van der Waals surface area contributed by atoms with Crippen LogP contribution in [0.4, 0.5) is 0 Å². The van der Waals surface area contributed by atoms with Crippen molar-refractivity contribution in [1.82, 2.24) is 0 Å². The second-order valence-electron chi connectivity index (χ2n) is 6.62. The van der Waals surface area contributed by atoms with Crippen LogP contribution < -0.4 is 4.74 Å². The fourth-order valence-corrected chi connectivity index (χ4v) is 2.68. The molecule has 0 aliphatic heterocycles. The van der Waals surface area contributed by atoms with Gasteiger partial charge in [-0.15, -0.1) is 0 Å². The van der Waals surface area contributed by atoms with Gasteiger partial charge in [-0.1, -0.05) is 79.7 Å². The zero-order valence-corrected chi connectivity index (χ0v) is 16.9. The SMILES string of the molecule is C/C=C(/C)c1cc(C)cc(OCc2ccccc2)c1.CCc1ccccc1. The summed E-state index contributed by atoms with van der Waals surface area (Å²) in [6, 6.07) is 27.1. The third kappa shape index (κ3) is 7.15. The molecule has 0 amide bonds. The lowest BCUT2D eigenvalue weighted by molar-refractivity contribution is 0.306. The molecule has 3 rings (SSSR count). The Morgan fingerprint density at radius 3 is 1.96 bits per heavy atom. The zero-order chi connectivity index (χ0) is 19.5. The van der Waals surface area contributed by atoms with Crippen molar-refractivity contribution in [2.75, 3.05) is 0 Å². The number of allylic oxidation sites excluding steroid dienone is 2. The van der Waals surface area contributed by atoms with E-state index < -0.39 is 0 Å². The van der Waals surface area contributed by atoms with Crippen molar-refractivity contribution in [2.24, 2.45) is 0 Å². The van der Waals surface area contributed by atoms with Crippen molar-refractivity contribution in [3.05, 3.63) is 107 Å². The van der Waals surface area contributed by atoms with Gasteiger partial charge in [0.15, 0.2) is 0 Å². The quantitative estimate of drug-likeness (QED) is 0.467. The zero-order valence-electron chi connectivity index (χ0n) is 16.9. The summed E-state index contributed by atoms with van der Waals surface area (Å²) in [7, 11) is 0. The van der Waals surface area contributed by atoms with Gasteiger partial charge in [0.05, 0.1) is 0 Å². The number of aryl methyl sites for hydroxylation is 2.